The average Bonchev–Trinajstić information content (AvgIpc) is 2.83. The Morgan fingerprint density at radius 2 is 1.77 bits per heavy atom. The van der Waals surface area contributed by atoms with Crippen molar-refractivity contribution in [1.82, 2.24) is 14.9 Å². The van der Waals surface area contributed by atoms with E-state index in [1.54, 1.807) is 18.1 Å². The Balaban J connectivity index is 1.21. The van der Waals surface area contributed by atoms with Gasteiger partial charge in [-0.05, 0) is 29.5 Å². The van der Waals surface area contributed by atoms with Gasteiger partial charge in [0, 0.05) is 44.0 Å². The van der Waals surface area contributed by atoms with Crippen LogP contribution < -0.4 is 4.90 Å². The Kier molecular flexibility index (Phi) is 6.20. The Morgan fingerprint density at radius 1 is 0.968 bits per heavy atom. The van der Waals surface area contributed by atoms with Crippen molar-refractivity contribution in [1.29, 1.82) is 0 Å². The van der Waals surface area contributed by atoms with Crippen LogP contribution in [0, 0.1) is 0 Å². The van der Waals surface area contributed by atoms with Gasteiger partial charge in [0.25, 0.3) is 0 Å². The summed E-state index contributed by atoms with van der Waals surface area (Å²) in [5, 5.41) is 12.0. The standard InChI is InChI=1S/C25H28N4OS/c30-23-16-29(13-11-22(23)28-12-10-20-8-4-5-9-21(20)15-28)24-14-25(27-18-26-24)31-17-19-6-2-1-3-7-19/h1-9,14,18,22-23,30H,10-13,15-17H2/t22-,23-/m0/s1. The number of fused-ring (bicyclic) bond motifs is 1. The van der Waals surface area contributed by atoms with Crippen molar-refractivity contribution < 1.29 is 5.11 Å². The number of piperidine rings is 1. The van der Waals surface area contributed by atoms with Gasteiger partial charge in [-0.2, -0.15) is 0 Å². The molecule has 2 atom stereocenters. The van der Waals surface area contributed by atoms with Gasteiger partial charge in [-0.3, -0.25) is 4.90 Å². The lowest BCUT2D eigenvalue weighted by Crippen LogP contribution is -2.55. The molecule has 2 aliphatic rings. The van der Waals surface area contributed by atoms with Gasteiger partial charge in [0.15, 0.2) is 0 Å². The summed E-state index contributed by atoms with van der Waals surface area (Å²) >= 11 is 1.72. The molecule has 1 aromatic heterocycles. The highest BCUT2D eigenvalue weighted by Gasteiger charge is 2.34. The maximum absolute atomic E-state index is 11.0. The number of hydrogen-bond donors (Lipinski definition) is 1. The molecule has 0 aliphatic carbocycles. The molecule has 0 unspecified atom stereocenters. The third-order valence-electron chi connectivity index (χ3n) is 6.36. The summed E-state index contributed by atoms with van der Waals surface area (Å²) in [5.74, 6) is 1.80. The highest BCUT2D eigenvalue weighted by Crippen LogP contribution is 2.28. The number of nitrogens with zero attached hydrogens (tertiary/aromatic N) is 4. The van der Waals surface area contributed by atoms with E-state index in [4.69, 9.17) is 0 Å². The first-order valence-corrected chi connectivity index (χ1v) is 12.0. The normalized spacial score (nSPS) is 21.6. The molecular weight excluding hydrogens is 404 g/mol. The molecule has 2 aliphatic heterocycles. The largest absolute Gasteiger partial charge is 0.390 e. The van der Waals surface area contributed by atoms with E-state index in [-0.39, 0.29) is 12.1 Å². The number of thioether (sulfide) groups is 1. The summed E-state index contributed by atoms with van der Waals surface area (Å²) in [7, 11) is 0. The number of aliphatic hydroxyl groups excluding tert-OH is 1. The van der Waals surface area contributed by atoms with Crippen LogP contribution in [0.15, 0.2) is 72.0 Å². The first kappa shape index (κ1) is 20.5. The molecule has 5 rings (SSSR count). The summed E-state index contributed by atoms with van der Waals surface area (Å²) in [4.78, 5) is 13.6. The quantitative estimate of drug-likeness (QED) is 0.489. The van der Waals surface area contributed by atoms with Gasteiger partial charge in [-0.25, -0.2) is 9.97 Å². The second-order valence-corrected chi connectivity index (χ2v) is 9.34. The Morgan fingerprint density at radius 3 is 2.61 bits per heavy atom. The second-order valence-electron chi connectivity index (χ2n) is 8.35. The summed E-state index contributed by atoms with van der Waals surface area (Å²) in [6.45, 7) is 3.47. The van der Waals surface area contributed by atoms with Gasteiger partial charge in [0.05, 0.1) is 6.10 Å². The zero-order valence-electron chi connectivity index (χ0n) is 17.6. The van der Waals surface area contributed by atoms with E-state index in [0.29, 0.717) is 6.54 Å². The SMILES string of the molecule is O[C@H]1CN(c2cc(SCc3ccccc3)ncn2)CC[C@@H]1N1CCc2ccccc2C1. The van der Waals surface area contributed by atoms with E-state index >= 15 is 0 Å². The van der Waals surface area contributed by atoms with Crippen LogP contribution in [0.25, 0.3) is 0 Å². The fourth-order valence-electron chi connectivity index (χ4n) is 4.67. The van der Waals surface area contributed by atoms with Crippen LogP contribution in [0.1, 0.15) is 23.1 Å². The molecule has 3 heterocycles. The van der Waals surface area contributed by atoms with Crippen LogP contribution in [0.3, 0.4) is 0 Å². The molecule has 3 aromatic rings. The monoisotopic (exact) mass is 432 g/mol. The minimum Gasteiger partial charge on any atom is -0.390 e. The molecule has 0 amide bonds. The Bertz CT molecular complexity index is 1020. The number of aromatic nitrogens is 2. The van der Waals surface area contributed by atoms with Crippen molar-refractivity contribution in [2.24, 2.45) is 0 Å². The summed E-state index contributed by atoms with van der Waals surface area (Å²) in [6, 6.07) is 21.4. The van der Waals surface area contributed by atoms with E-state index in [1.165, 1.54) is 16.7 Å². The van der Waals surface area contributed by atoms with Gasteiger partial charge in [0.2, 0.25) is 0 Å². The van der Waals surface area contributed by atoms with Crippen molar-refractivity contribution >= 4 is 17.6 Å². The molecule has 1 N–H and O–H groups in total. The third-order valence-corrected chi connectivity index (χ3v) is 7.35. The van der Waals surface area contributed by atoms with Crippen molar-refractivity contribution in [3.8, 4) is 0 Å². The summed E-state index contributed by atoms with van der Waals surface area (Å²) in [5.41, 5.74) is 4.14. The maximum atomic E-state index is 11.0. The number of β-amino-alcohol motifs (C(OH)–C–C–N with tert-alkyl or cyclic N) is 1. The first-order chi connectivity index (χ1) is 15.3. The van der Waals surface area contributed by atoms with Crippen LogP contribution in [-0.4, -0.2) is 51.8 Å². The number of rotatable bonds is 5. The minimum atomic E-state index is -0.380. The fraction of sp³-hybridized carbons (Fsp3) is 0.360. The van der Waals surface area contributed by atoms with Crippen LogP contribution in [0.5, 0.6) is 0 Å². The van der Waals surface area contributed by atoms with E-state index in [1.807, 2.05) is 6.07 Å². The lowest BCUT2D eigenvalue weighted by atomic mass is 9.94. The lowest BCUT2D eigenvalue weighted by molar-refractivity contribution is 0.0293. The topological polar surface area (TPSA) is 52.5 Å². The molecule has 5 nitrogen and oxygen atoms in total. The molecule has 0 saturated carbocycles. The van der Waals surface area contributed by atoms with Crippen LogP contribution in [-0.2, 0) is 18.7 Å². The molecule has 0 bridgehead atoms. The van der Waals surface area contributed by atoms with Crippen molar-refractivity contribution in [3.63, 3.8) is 0 Å². The highest BCUT2D eigenvalue weighted by molar-refractivity contribution is 7.98. The molecule has 0 spiro atoms. The zero-order chi connectivity index (χ0) is 21.0. The van der Waals surface area contributed by atoms with Gasteiger partial charge in [-0.1, -0.05) is 54.6 Å². The molecule has 1 saturated heterocycles. The number of hydrogen-bond acceptors (Lipinski definition) is 6. The van der Waals surface area contributed by atoms with Gasteiger partial charge >= 0.3 is 0 Å². The first-order valence-electron chi connectivity index (χ1n) is 11.0. The fourth-order valence-corrected chi connectivity index (χ4v) is 5.48. The lowest BCUT2D eigenvalue weighted by Gasteiger charge is -2.43. The van der Waals surface area contributed by atoms with E-state index < -0.39 is 0 Å². The van der Waals surface area contributed by atoms with Gasteiger partial charge in [0.1, 0.15) is 17.2 Å². The highest BCUT2D eigenvalue weighted by atomic mass is 32.2. The van der Waals surface area contributed by atoms with Gasteiger partial charge in [-0.15, -0.1) is 11.8 Å². The van der Waals surface area contributed by atoms with E-state index in [0.717, 1.165) is 49.1 Å². The Labute approximate surface area is 188 Å². The number of aliphatic hydroxyl groups is 1. The molecular formula is C25H28N4OS. The average molecular weight is 433 g/mol. The van der Waals surface area contributed by atoms with Crippen molar-refractivity contribution in [2.45, 2.75) is 42.3 Å². The zero-order valence-corrected chi connectivity index (χ0v) is 18.4. The van der Waals surface area contributed by atoms with Crippen LogP contribution >= 0.6 is 11.8 Å². The predicted octanol–water partition coefficient (Wildman–Crippen LogP) is 3.77. The summed E-state index contributed by atoms with van der Waals surface area (Å²) in [6.07, 6.45) is 3.27. The Hall–Kier alpha value is -2.41. The maximum Gasteiger partial charge on any atom is 0.133 e. The van der Waals surface area contributed by atoms with Crippen molar-refractivity contribution in [2.75, 3.05) is 24.5 Å². The molecule has 31 heavy (non-hydrogen) atoms. The number of anilines is 1. The third kappa shape index (κ3) is 4.76. The number of benzene rings is 2. The summed E-state index contributed by atoms with van der Waals surface area (Å²) < 4.78 is 0. The van der Waals surface area contributed by atoms with Crippen LogP contribution in [0.4, 0.5) is 5.82 Å². The van der Waals surface area contributed by atoms with Gasteiger partial charge < -0.3 is 10.0 Å². The van der Waals surface area contributed by atoms with Crippen LogP contribution in [0.2, 0.25) is 0 Å². The molecule has 2 aromatic carbocycles. The predicted molar refractivity (Wildman–Crippen MR) is 125 cm³/mol. The molecule has 0 radical (unpaired) electrons. The molecule has 1 fully saturated rings. The smallest absolute Gasteiger partial charge is 0.133 e. The van der Waals surface area contributed by atoms with E-state index in [2.05, 4.69) is 74.4 Å². The minimum absolute atomic E-state index is 0.207. The second kappa shape index (κ2) is 9.39. The van der Waals surface area contributed by atoms with Crippen molar-refractivity contribution in [3.05, 3.63) is 83.7 Å². The molecule has 6 heteroatoms. The molecule has 160 valence electrons. The van der Waals surface area contributed by atoms with E-state index in [9.17, 15) is 5.11 Å².